The van der Waals surface area contributed by atoms with Gasteiger partial charge in [-0.3, -0.25) is 0 Å². The van der Waals surface area contributed by atoms with Crippen molar-refractivity contribution < 1.29 is 18.9 Å². The Bertz CT molecular complexity index is 472. The van der Waals surface area contributed by atoms with E-state index < -0.39 is 0 Å². The standard InChI is InChI=1S/2C10H17NO2/c2*1-8-12-7-10(13-8)6-11-4-2-9(10)3-5-11/h2*8-9H,2-7H2,1H3/t2*8-,10?/m10/s1. The minimum Gasteiger partial charge on any atom is -0.350 e. The molecule has 0 saturated carbocycles. The molecule has 148 valence electrons. The minimum absolute atomic E-state index is 0.0144. The van der Waals surface area contributed by atoms with Crippen LogP contribution in [0.3, 0.4) is 0 Å². The minimum atomic E-state index is 0.0144. The van der Waals surface area contributed by atoms with Gasteiger partial charge in [-0.1, -0.05) is 0 Å². The summed E-state index contributed by atoms with van der Waals surface area (Å²) in [5.74, 6) is 1.50. The van der Waals surface area contributed by atoms with Crippen LogP contribution in [0.1, 0.15) is 39.5 Å². The molecule has 0 N–H and O–H groups in total. The number of hydrogen-bond acceptors (Lipinski definition) is 6. The Labute approximate surface area is 157 Å². The highest BCUT2D eigenvalue weighted by molar-refractivity contribution is 5.02. The Morgan fingerprint density at radius 1 is 0.654 bits per heavy atom. The van der Waals surface area contributed by atoms with Gasteiger partial charge in [0.25, 0.3) is 0 Å². The SMILES string of the molecule is C[C@@H]1OCC2(CN3CCC2CC3)O1.C[C@H]1OCC2(CN3CCC2CC3)O1. The first-order valence-electron chi connectivity index (χ1n) is 10.6. The van der Waals surface area contributed by atoms with Crippen molar-refractivity contribution >= 4 is 0 Å². The van der Waals surface area contributed by atoms with E-state index in [1.165, 1.54) is 51.9 Å². The molecule has 8 saturated heterocycles. The maximum atomic E-state index is 5.96. The number of piperidine rings is 6. The maximum Gasteiger partial charge on any atom is 0.155 e. The van der Waals surface area contributed by atoms with Crippen LogP contribution in [-0.2, 0) is 18.9 Å². The van der Waals surface area contributed by atoms with Gasteiger partial charge in [-0.25, -0.2) is 0 Å². The lowest BCUT2D eigenvalue weighted by molar-refractivity contribution is -0.146. The van der Waals surface area contributed by atoms with Crippen LogP contribution in [0.2, 0.25) is 0 Å². The van der Waals surface area contributed by atoms with Gasteiger partial charge >= 0.3 is 0 Å². The summed E-state index contributed by atoms with van der Waals surface area (Å²) < 4.78 is 23.0. The van der Waals surface area contributed by atoms with Gasteiger partial charge < -0.3 is 28.7 Å². The molecule has 0 aromatic heterocycles. The Morgan fingerprint density at radius 3 is 1.27 bits per heavy atom. The molecule has 8 aliphatic heterocycles. The quantitative estimate of drug-likeness (QED) is 0.650. The van der Waals surface area contributed by atoms with Gasteiger partial charge in [0.1, 0.15) is 11.2 Å². The van der Waals surface area contributed by atoms with Gasteiger partial charge in [-0.2, -0.15) is 0 Å². The number of nitrogens with zero attached hydrogens (tertiary/aromatic N) is 2. The van der Waals surface area contributed by atoms with E-state index in [0.717, 1.165) is 38.1 Å². The van der Waals surface area contributed by atoms with Crippen molar-refractivity contribution in [2.75, 3.05) is 52.5 Å². The lowest BCUT2D eigenvalue weighted by Gasteiger charge is -2.50. The first-order valence-corrected chi connectivity index (χ1v) is 10.6. The molecule has 8 rings (SSSR count). The maximum absolute atomic E-state index is 5.96. The van der Waals surface area contributed by atoms with E-state index in [1.807, 2.05) is 13.8 Å². The van der Waals surface area contributed by atoms with Crippen molar-refractivity contribution in [1.29, 1.82) is 0 Å². The van der Waals surface area contributed by atoms with Crippen molar-refractivity contribution in [2.45, 2.75) is 63.3 Å². The highest BCUT2D eigenvalue weighted by Crippen LogP contribution is 2.43. The number of fused-ring (bicyclic) bond motifs is 4. The fraction of sp³-hybridized carbons (Fsp3) is 1.00. The third-order valence-corrected chi connectivity index (χ3v) is 7.57. The van der Waals surface area contributed by atoms with E-state index in [9.17, 15) is 0 Å². The molecule has 0 aliphatic carbocycles. The Hall–Kier alpha value is -0.240. The van der Waals surface area contributed by atoms with Crippen LogP contribution in [0.15, 0.2) is 0 Å². The van der Waals surface area contributed by atoms with E-state index >= 15 is 0 Å². The predicted octanol–water partition coefficient (Wildman–Crippen LogP) is 1.69. The molecule has 8 heterocycles. The van der Waals surface area contributed by atoms with Gasteiger partial charge in [0.05, 0.1) is 13.2 Å². The second-order valence-electron chi connectivity index (χ2n) is 9.22. The van der Waals surface area contributed by atoms with Crippen LogP contribution >= 0.6 is 0 Å². The van der Waals surface area contributed by atoms with Crippen LogP contribution < -0.4 is 0 Å². The Morgan fingerprint density at radius 2 is 1.04 bits per heavy atom. The summed E-state index contributed by atoms with van der Waals surface area (Å²) >= 11 is 0. The van der Waals surface area contributed by atoms with E-state index in [1.54, 1.807) is 0 Å². The van der Waals surface area contributed by atoms with E-state index in [4.69, 9.17) is 18.9 Å². The van der Waals surface area contributed by atoms with Crippen molar-refractivity contribution in [3.05, 3.63) is 0 Å². The first-order chi connectivity index (χ1) is 12.6. The highest BCUT2D eigenvalue weighted by atomic mass is 16.7. The summed E-state index contributed by atoms with van der Waals surface area (Å²) in [5.41, 5.74) is 0.131. The van der Waals surface area contributed by atoms with Gasteiger partial charge in [-0.05, 0) is 77.5 Å². The van der Waals surface area contributed by atoms with Crippen LogP contribution in [0.5, 0.6) is 0 Å². The second-order valence-corrected chi connectivity index (χ2v) is 9.22. The largest absolute Gasteiger partial charge is 0.350 e. The number of rotatable bonds is 0. The molecule has 4 atom stereocenters. The summed E-state index contributed by atoms with van der Waals surface area (Å²) in [6.45, 7) is 12.9. The molecule has 0 radical (unpaired) electrons. The second kappa shape index (κ2) is 6.68. The fourth-order valence-electron chi connectivity index (χ4n) is 6.16. The van der Waals surface area contributed by atoms with E-state index in [-0.39, 0.29) is 23.8 Å². The molecular weight excluding hydrogens is 332 g/mol. The predicted molar refractivity (Wildman–Crippen MR) is 96.8 cm³/mol. The third-order valence-electron chi connectivity index (χ3n) is 7.57. The molecule has 26 heavy (non-hydrogen) atoms. The summed E-state index contributed by atoms with van der Waals surface area (Å²) in [6, 6.07) is 0. The average molecular weight is 367 g/mol. The molecule has 4 bridgehead atoms. The van der Waals surface area contributed by atoms with Crippen LogP contribution in [-0.4, -0.2) is 86.1 Å². The van der Waals surface area contributed by atoms with E-state index in [2.05, 4.69) is 9.80 Å². The monoisotopic (exact) mass is 366 g/mol. The Balaban J connectivity index is 0.000000115. The zero-order chi connectivity index (χ0) is 17.8. The first kappa shape index (κ1) is 17.8. The zero-order valence-corrected chi connectivity index (χ0v) is 16.3. The number of ether oxygens (including phenoxy) is 4. The topological polar surface area (TPSA) is 43.4 Å². The molecular formula is C20H34N2O4. The molecule has 2 unspecified atom stereocenters. The Kier molecular flexibility index (Phi) is 4.58. The van der Waals surface area contributed by atoms with Crippen LogP contribution in [0.25, 0.3) is 0 Å². The molecule has 8 fully saturated rings. The van der Waals surface area contributed by atoms with Gasteiger partial charge in [0.15, 0.2) is 12.6 Å². The summed E-state index contributed by atoms with van der Waals surface area (Å²) in [4.78, 5) is 5.03. The van der Waals surface area contributed by atoms with Crippen molar-refractivity contribution in [3.8, 4) is 0 Å². The van der Waals surface area contributed by atoms with Gasteiger partial charge in [-0.15, -0.1) is 0 Å². The van der Waals surface area contributed by atoms with E-state index in [0.29, 0.717) is 0 Å². The van der Waals surface area contributed by atoms with Crippen LogP contribution in [0, 0.1) is 11.8 Å². The van der Waals surface area contributed by atoms with Crippen LogP contribution in [0.4, 0.5) is 0 Å². The number of hydrogen-bond donors (Lipinski definition) is 0. The summed E-state index contributed by atoms with van der Waals surface area (Å²) in [7, 11) is 0. The smallest absolute Gasteiger partial charge is 0.155 e. The third kappa shape index (κ3) is 3.03. The van der Waals surface area contributed by atoms with Gasteiger partial charge in [0.2, 0.25) is 0 Å². The van der Waals surface area contributed by atoms with Gasteiger partial charge in [0, 0.05) is 13.1 Å². The average Bonchev–Trinajstić information content (AvgIpc) is 3.20. The molecule has 0 aromatic rings. The van der Waals surface area contributed by atoms with Crippen molar-refractivity contribution in [3.63, 3.8) is 0 Å². The highest BCUT2D eigenvalue weighted by Gasteiger charge is 2.53. The molecule has 8 aliphatic rings. The zero-order valence-electron chi connectivity index (χ0n) is 16.3. The summed E-state index contributed by atoms with van der Waals surface area (Å²) in [6.07, 6.45) is 5.24. The molecule has 6 heteroatoms. The lowest BCUT2D eigenvalue weighted by atomic mass is 9.76. The van der Waals surface area contributed by atoms with Crippen molar-refractivity contribution in [1.82, 2.24) is 9.80 Å². The molecule has 0 aromatic carbocycles. The molecule has 6 nitrogen and oxygen atoms in total. The van der Waals surface area contributed by atoms with Crippen molar-refractivity contribution in [2.24, 2.45) is 11.8 Å². The molecule has 0 amide bonds. The lowest BCUT2D eigenvalue weighted by Crippen LogP contribution is -2.60. The summed E-state index contributed by atoms with van der Waals surface area (Å²) in [5, 5.41) is 0. The normalized spacial score (nSPS) is 54.7. The molecule has 2 spiro atoms. The fourth-order valence-corrected chi connectivity index (χ4v) is 6.16.